The molecule has 2 rings (SSSR count). The SMILES string of the molecule is CC1=C(CC[C@H](C)CCO)[C@@]2(C)CC[C@H](O)C(C)(C)C2=CC1=O. The summed E-state index contributed by atoms with van der Waals surface area (Å²) in [5, 5.41) is 19.5. The van der Waals surface area contributed by atoms with E-state index in [-0.39, 0.29) is 29.3 Å². The number of ketones is 1. The third kappa shape index (κ3) is 3.18. The van der Waals surface area contributed by atoms with Crippen LogP contribution in [0.2, 0.25) is 0 Å². The molecule has 3 heteroatoms. The van der Waals surface area contributed by atoms with E-state index in [0.29, 0.717) is 5.92 Å². The van der Waals surface area contributed by atoms with Gasteiger partial charge >= 0.3 is 0 Å². The van der Waals surface area contributed by atoms with Crippen molar-refractivity contribution in [3.8, 4) is 0 Å². The van der Waals surface area contributed by atoms with Crippen molar-refractivity contribution in [3.63, 3.8) is 0 Å². The van der Waals surface area contributed by atoms with Gasteiger partial charge in [-0.2, -0.15) is 0 Å². The van der Waals surface area contributed by atoms with Gasteiger partial charge in [0.1, 0.15) is 0 Å². The summed E-state index contributed by atoms with van der Waals surface area (Å²) in [5.41, 5.74) is 2.78. The van der Waals surface area contributed by atoms with Crippen LogP contribution in [-0.2, 0) is 4.79 Å². The lowest BCUT2D eigenvalue weighted by Crippen LogP contribution is -2.46. The summed E-state index contributed by atoms with van der Waals surface area (Å²) >= 11 is 0. The Kier molecular flexibility index (Phi) is 5.22. The Labute approximate surface area is 140 Å². The second-order valence-electron chi connectivity index (χ2n) is 8.29. The monoisotopic (exact) mass is 320 g/mol. The summed E-state index contributed by atoms with van der Waals surface area (Å²) in [6.07, 6.45) is 5.78. The number of aliphatic hydroxyl groups excluding tert-OH is 2. The van der Waals surface area contributed by atoms with Gasteiger partial charge in [0.25, 0.3) is 0 Å². The predicted molar refractivity (Wildman–Crippen MR) is 93.0 cm³/mol. The van der Waals surface area contributed by atoms with E-state index in [1.807, 2.05) is 6.92 Å². The van der Waals surface area contributed by atoms with Crippen molar-refractivity contribution >= 4 is 5.78 Å². The molecule has 0 aromatic rings. The summed E-state index contributed by atoms with van der Waals surface area (Å²) in [6, 6.07) is 0. The third-order valence-corrected chi connectivity index (χ3v) is 6.31. The van der Waals surface area contributed by atoms with Crippen molar-refractivity contribution in [2.24, 2.45) is 16.7 Å². The molecule has 0 spiro atoms. The molecule has 1 fully saturated rings. The maximum atomic E-state index is 12.5. The zero-order valence-electron chi connectivity index (χ0n) is 15.3. The molecule has 1 saturated carbocycles. The maximum absolute atomic E-state index is 12.5. The molecule has 0 heterocycles. The van der Waals surface area contributed by atoms with E-state index in [4.69, 9.17) is 5.11 Å². The van der Waals surface area contributed by atoms with Crippen LogP contribution in [0.1, 0.15) is 66.7 Å². The largest absolute Gasteiger partial charge is 0.396 e. The van der Waals surface area contributed by atoms with E-state index in [0.717, 1.165) is 43.3 Å². The van der Waals surface area contributed by atoms with Gasteiger partial charge in [-0.25, -0.2) is 0 Å². The first-order chi connectivity index (χ1) is 10.6. The van der Waals surface area contributed by atoms with Gasteiger partial charge in [0.05, 0.1) is 6.10 Å². The van der Waals surface area contributed by atoms with Crippen LogP contribution in [0.5, 0.6) is 0 Å². The first kappa shape index (κ1) is 18.4. The highest BCUT2D eigenvalue weighted by molar-refractivity contribution is 6.06. The van der Waals surface area contributed by atoms with Crippen molar-refractivity contribution < 1.29 is 15.0 Å². The number of allylic oxidation sites excluding steroid dienone is 3. The minimum absolute atomic E-state index is 0.101. The normalized spacial score (nSPS) is 31.7. The van der Waals surface area contributed by atoms with Gasteiger partial charge in [0.2, 0.25) is 0 Å². The zero-order chi connectivity index (χ0) is 17.4. The van der Waals surface area contributed by atoms with Crippen molar-refractivity contribution in [3.05, 3.63) is 22.8 Å². The Bertz CT molecular complexity index is 541. The molecule has 0 saturated heterocycles. The van der Waals surface area contributed by atoms with Crippen molar-refractivity contribution in [1.29, 1.82) is 0 Å². The van der Waals surface area contributed by atoms with Crippen LogP contribution in [0.4, 0.5) is 0 Å². The highest BCUT2D eigenvalue weighted by Gasteiger charge is 2.50. The van der Waals surface area contributed by atoms with E-state index < -0.39 is 0 Å². The molecule has 2 N–H and O–H groups in total. The van der Waals surface area contributed by atoms with Crippen LogP contribution in [0, 0.1) is 16.7 Å². The van der Waals surface area contributed by atoms with E-state index in [9.17, 15) is 9.90 Å². The lowest BCUT2D eigenvalue weighted by Gasteiger charge is -2.52. The van der Waals surface area contributed by atoms with Crippen molar-refractivity contribution in [1.82, 2.24) is 0 Å². The molecule has 0 aliphatic heterocycles. The quantitative estimate of drug-likeness (QED) is 0.810. The number of hydrogen-bond donors (Lipinski definition) is 2. The fourth-order valence-electron chi connectivity index (χ4n) is 4.49. The van der Waals surface area contributed by atoms with Gasteiger partial charge in [0, 0.05) is 17.4 Å². The molecule has 0 aromatic heterocycles. The molecule has 0 amide bonds. The molecule has 130 valence electrons. The lowest BCUT2D eigenvalue weighted by atomic mass is 9.53. The van der Waals surface area contributed by atoms with Crippen molar-refractivity contribution in [2.75, 3.05) is 6.61 Å². The lowest BCUT2D eigenvalue weighted by molar-refractivity contribution is -0.112. The fourth-order valence-corrected chi connectivity index (χ4v) is 4.49. The van der Waals surface area contributed by atoms with Gasteiger partial charge in [-0.1, -0.05) is 33.3 Å². The van der Waals surface area contributed by atoms with Crippen molar-refractivity contribution in [2.45, 2.75) is 72.8 Å². The molecule has 0 aromatic carbocycles. The molecule has 0 bridgehead atoms. The van der Waals surface area contributed by atoms with Gasteiger partial charge in [-0.3, -0.25) is 4.79 Å². The number of aliphatic hydroxyl groups is 2. The average Bonchev–Trinajstić information content (AvgIpc) is 2.47. The predicted octanol–water partition coefficient (Wildman–Crippen LogP) is 3.80. The summed E-state index contributed by atoms with van der Waals surface area (Å²) in [7, 11) is 0. The minimum atomic E-state index is -0.386. The van der Waals surface area contributed by atoms with Gasteiger partial charge in [0.15, 0.2) is 5.78 Å². The molecular formula is C20H32O3. The van der Waals surface area contributed by atoms with E-state index in [2.05, 4.69) is 27.7 Å². The van der Waals surface area contributed by atoms with Crippen LogP contribution in [0.3, 0.4) is 0 Å². The summed E-state index contributed by atoms with van der Waals surface area (Å²) in [5.74, 6) is 0.556. The maximum Gasteiger partial charge on any atom is 0.181 e. The second kappa shape index (κ2) is 6.52. The van der Waals surface area contributed by atoms with E-state index in [1.54, 1.807) is 6.08 Å². The van der Waals surface area contributed by atoms with E-state index in [1.165, 1.54) is 5.57 Å². The summed E-state index contributed by atoms with van der Waals surface area (Å²) in [4.78, 5) is 12.5. The number of hydrogen-bond acceptors (Lipinski definition) is 3. The Morgan fingerprint density at radius 1 is 1.30 bits per heavy atom. The fraction of sp³-hybridized carbons (Fsp3) is 0.750. The van der Waals surface area contributed by atoms with Crippen LogP contribution < -0.4 is 0 Å². The van der Waals surface area contributed by atoms with Gasteiger partial charge in [-0.15, -0.1) is 0 Å². The Hall–Kier alpha value is -0.930. The van der Waals surface area contributed by atoms with Crippen LogP contribution in [-0.4, -0.2) is 28.7 Å². The van der Waals surface area contributed by atoms with Gasteiger partial charge in [-0.05, 0) is 62.2 Å². The smallest absolute Gasteiger partial charge is 0.181 e. The topological polar surface area (TPSA) is 57.5 Å². The number of rotatable bonds is 5. The molecule has 2 aliphatic carbocycles. The van der Waals surface area contributed by atoms with Gasteiger partial charge < -0.3 is 10.2 Å². The first-order valence-corrected chi connectivity index (χ1v) is 8.90. The Balaban J connectivity index is 2.34. The summed E-state index contributed by atoms with van der Waals surface area (Å²) in [6.45, 7) is 10.7. The number of fused-ring (bicyclic) bond motifs is 1. The molecule has 0 radical (unpaired) electrons. The molecule has 3 nitrogen and oxygen atoms in total. The number of carbonyl (C=O) groups is 1. The Morgan fingerprint density at radius 3 is 2.57 bits per heavy atom. The first-order valence-electron chi connectivity index (χ1n) is 8.90. The highest BCUT2D eigenvalue weighted by atomic mass is 16.3. The van der Waals surface area contributed by atoms with Crippen LogP contribution in [0.15, 0.2) is 22.8 Å². The van der Waals surface area contributed by atoms with Crippen LogP contribution >= 0.6 is 0 Å². The summed E-state index contributed by atoms with van der Waals surface area (Å²) < 4.78 is 0. The second-order valence-corrected chi connectivity index (χ2v) is 8.29. The molecule has 23 heavy (non-hydrogen) atoms. The Morgan fingerprint density at radius 2 is 1.96 bits per heavy atom. The molecule has 2 aliphatic rings. The standard InChI is InChI=1S/C20H32O3/c1-13(9-11-21)6-7-15-14(2)16(22)12-17-19(3,4)18(23)8-10-20(15,17)5/h12-13,18,21,23H,6-11H2,1-5H3/t13-,18-,20+/m0/s1. The zero-order valence-corrected chi connectivity index (χ0v) is 15.3. The molecule has 0 unspecified atom stereocenters. The van der Waals surface area contributed by atoms with Crippen LogP contribution in [0.25, 0.3) is 0 Å². The highest BCUT2D eigenvalue weighted by Crippen LogP contribution is 2.57. The molecular weight excluding hydrogens is 288 g/mol. The minimum Gasteiger partial charge on any atom is -0.396 e. The van der Waals surface area contributed by atoms with E-state index >= 15 is 0 Å². The third-order valence-electron chi connectivity index (χ3n) is 6.31. The average molecular weight is 320 g/mol. The number of carbonyl (C=O) groups excluding carboxylic acids is 1. The molecule has 3 atom stereocenters.